The van der Waals surface area contributed by atoms with Gasteiger partial charge in [-0.3, -0.25) is 4.79 Å². The molecule has 0 aromatic heterocycles. The fraction of sp³-hybridized carbons (Fsp3) is 0.692. The molecule has 0 radical (unpaired) electrons. The predicted octanol–water partition coefficient (Wildman–Crippen LogP) is 2.70. The molecule has 0 aromatic rings. The summed E-state index contributed by atoms with van der Waals surface area (Å²) in [7, 11) is -0.417. The van der Waals surface area contributed by atoms with Gasteiger partial charge in [0, 0.05) is 12.1 Å². The molecule has 0 unspecified atom stereocenters. The minimum Gasteiger partial charge on any atom is -0.466 e. The summed E-state index contributed by atoms with van der Waals surface area (Å²) in [6.07, 6.45) is 1.73. The van der Waals surface area contributed by atoms with Gasteiger partial charge in [-0.2, -0.15) is 0 Å². The molecule has 0 rings (SSSR count). The second-order valence-electron chi connectivity index (χ2n) is 4.25. The first kappa shape index (κ1) is 16.9. The summed E-state index contributed by atoms with van der Waals surface area (Å²) in [5, 5.41) is 0.749. The van der Waals surface area contributed by atoms with Gasteiger partial charge in [-0.05, 0) is 6.08 Å². The normalized spacial score (nSPS) is 12.2. The Hall–Kier alpha value is -1.10. The molecule has 0 bridgehead atoms. The van der Waals surface area contributed by atoms with Gasteiger partial charge in [0.1, 0.15) is 6.61 Å². The van der Waals surface area contributed by atoms with Crippen LogP contribution >= 0.6 is 0 Å². The first-order valence-electron chi connectivity index (χ1n) is 6.39. The molecule has 0 N–H and O–H groups in total. The van der Waals surface area contributed by atoms with Crippen LogP contribution in [0.3, 0.4) is 0 Å². The largest absolute Gasteiger partial charge is 0.466 e. The van der Waals surface area contributed by atoms with Gasteiger partial charge in [0.15, 0.2) is 0 Å². The van der Waals surface area contributed by atoms with Crippen LogP contribution in [-0.4, -0.2) is 33.7 Å². The highest BCUT2D eigenvalue weighted by molar-refractivity contribution is 6.90. The number of hydrogen-bond acceptors (Lipinski definition) is 4. The monoisotopic (exact) mass is 272 g/mol. The molecule has 0 saturated heterocycles. The molecule has 0 aliphatic heterocycles. The minimum atomic E-state index is -1.81. The summed E-state index contributed by atoms with van der Waals surface area (Å²) >= 11 is 0. The van der Waals surface area contributed by atoms with Gasteiger partial charge in [-0.1, -0.05) is 38.9 Å². The van der Waals surface area contributed by atoms with Crippen molar-refractivity contribution < 1.29 is 19.1 Å². The fourth-order valence-corrected chi connectivity index (χ4v) is 5.88. The summed E-state index contributed by atoms with van der Waals surface area (Å²) in [5.74, 6) is -0.619. The summed E-state index contributed by atoms with van der Waals surface area (Å²) in [6.45, 7) is 7.84. The topological polar surface area (TPSA) is 52.6 Å². The van der Waals surface area contributed by atoms with Crippen LogP contribution in [0.1, 0.15) is 27.7 Å². The van der Waals surface area contributed by atoms with Crippen molar-refractivity contribution in [1.29, 1.82) is 0 Å². The van der Waals surface area contributed by atoms with E-state index in [9.17, 15) is 9.59 Å². The second-order valence-corrected chi connectivity index (χ2v) is 9.47. The van der Waals surface area contributed by atoms with Crippen LogP contribution in [0, 0.1) is 0 Å². The van der Waals surface area contributed by atoms with E-state index in [-0.39, 0.29) is 18.5 Å². The zero-order valence-electron chi connectivity index (χ0n) is 12.0. The molecule has 0 heterocycles. The first-order chi connectivity index (χ1) is 8.47. The lowest BCUT2D eigenvalue weighted by Crippen LogP contribution is -2.39. The van der Waals surface area contributed by atoms with Gasteiger partial charge >= 0.3 is 11.9 Å². The van der Waals surface area contributed by atoms with E-state index in [4.69, 9.17) is 9.47 Å². The van der Waals surface area contributed by atoms with E-state index in [0.29, 0.717) is 0 Å². The van der Waals surface area contributed by atoms with Crippen LogP contribution in [0.2, 0.25) is 18.1 Å². The maximum atomic E-state index is 11.9. The lowest BCUT2D eigenvalue weighted by Gasteiger charge is -2.29. The molecule has 4 nitrogen and oxygen atoms in total. The van der Waals surface area contributed by atoms with Gasteiger partial charge < -0.3 is 9.47 Å². The third kappa shape index (κ3) is 4.29. The summed E-state index contributed by atoms with van der Waals surface area (Å²) < 4.78 is 9.76. The Bertz CT molecular complexity index is 311. The van der Waals surface area contributed by atoms with Crippen molar-refractivity contribution in [2.75, 3.05) is 13.7 Å². The number of hydrogen-bond donors (Lipinski definition) is 0. The van der Waals surface area contributed by atoms with E-state index in [1.165, 1.54) is 14.0 Å². The van der Waals surface area contributed by atoms with Gasteiger partial charge in [-0.25, -0.2) is 4.79 Å². The van der Waals surface area contributed by atoms with Crippen molar-refractivity contribution >= 4 is 20.0 Å². The van der Waals surface area contributed by atoms with Crippen molar-refractivity contribution in [2.24, 2.45) is 0 Å². The van der Waals surface area contributed by atoms with Gasteiger partial charge in [0.25, 0.3) is 0 Å². The van der Waals surface area contributed by atoms with E-state index < -0.39 is 8.07 Å². The van der Waals surface area contributed by atoms with E-state index in [2.05, 4.69) is 20.8 Å². The van der Waals surface area contributed by atoms with Crippen LogP contribution in [0.25, 0.3) is 0 Å². The van der Waals surface area contributed by atoms with Crippen LogP contribution in [-0.2, 0) is 19.1 Å². The van der Waals surface area contributed by atoms with Crippen LogP contribution in [0.5, 0.6) is 0 Å². The summed E-state index contributed by atoms with van der Waals surface area (Å²) in [4.78, 5) is 22.7. The van der Waals surface area contributed by atoms with Crippen LogP contribution in [0.15, 0.2) is 11.3 Å². The van der Waals surface area contributed by atoms with Crippen molar-refractivity contribution in [1.82, 2.24) is 0 Å². The lowest BCUT2D eigenvalue weighted by atomic mass is 10.5. The molecule has 0 aliphatic rings. The molecular formula is C13H24O4Si. The number of methoxy groups -OCH3 is 1. The molecule has 0 spiro atoms. The zero-order valence-corrected chi connectivity index (χ0v) is 13.0. The SMILES string of the molecule is CC[Si](CC)(CC)/C(=C/COC(C)=O)C(=O)OC. The fourth-order valence-electron chi connectivity index (χ4n) is 2.19. The average molecular weight is 272 g/mol. The van der Waals surface area contributed by atoms with E-state index in [1.807, 2.05) is 0 Å². The minimum absolute atomic E-state index is 0.147. The zero-order chi connectivity index (χ0) is 14.2. The van der Waals surface area contributed by atoms with Crippen LogP contribution < -0.4 is 0 Å². The Morgan fingerprint density at radius 3 is 1.94 bits per heavy atom. The number of ether oxygens (including phenoxy) is 2. The Labute approximate surface area is 110 Å². The highest BCUT2D eigenvalue weighted by atomic mass is 28.3. The predicted molar refractivity (Wildman–Crippen MR) is 73.9 cm³/mol. The molecule has 18 heavy (non-hydrogen) atoms. The second kappa shape index (κ2) is 8.08. The number of esters is 2. The Kier molecular flexibility index (Phi) is 7.58. The maximum absolute atomic E-state index is 11.9. The van der Waals surface area contributed by atoms with Crippen molar-refractivity contribution in [3.63, 3.8) is 0 Å². The third-order valence-corrected chi connectivity index (χ3v) is 9.19. The quantitative estimate of drug-likeness (QED) is 0.406. The molecule has 0 saturated carbocycles. The smallest absolute Gasteiger partial charge is 0.329 e. The first-order valence-corrected chi connectivity index (χ1v) is 9.01. The summed E-state index contributed by atoms with van der Waals surface area (Å²) in [5.41, 5.74) is 0. The Morgan fingerprint density at radius 2 is 1.61 bits per heavy atom. The number of rotatable bonds is 7. The molecule has 0 aromatic carbocycles. The average Bonchev–Trinajstić information content (AvgIpc) is 2.38. The highest BCUT2D eigenvalue weighted by Crippen LogP contribution is 2.29. The van der Waals surface area contributed by atoms with Crippen molar-refractivity contribution in [3.8, 4) is 0 Å². The molecule has 5 heteroatoms. The highest BCUT2D eigenvalue weighted by Gasteiger charge is 2.36. The van der Waals surface area contributed by atoms with E-state index in [0.717, 1.165) is 23.3 Å². The number of carbonyl (C=O) groups is 2. The Balaban J connectivity index is 5.19. The van der Waals surface area contributed by atoms with E-state index in [1.54, 1.807) is 6.08 Å². The van der Waals surface area contributed by atoms with Gasteiger partial charge in [0.05, 0.1) is 15.2 Å². The molecule has 0 atom stereocenters. The van der Waals surface area contributed by atoms with Crippen molar-refractivity contribution in [3.05, 3.63) is 11.3 Å². The third-order valence-electron chi connectivity index (χ3n) is 3.58. The summed E-state index contributed by atoms with van der Waals surface area (Å²) in [6, 6.07) is 2.96. The standard InChI is InChI=1S/C13H24O4Si/c1-6-18(7-2,8-3)12(13(15)16-5)9-10-17-11(4)14/h9H,6-8,10H2,1-5H3/b12-9+. The molecular weight excluding hydrogens is 248 g/mol. The van der Waals surface area contributed by atoms with Crippen LogP contribution in [0.4, 0.5) is 0 Å². The van der Waals surface area contributed by atoms with Crippen molar-refractivity contribution in [2.45, 2.75) is 45.8 Å². The Morgan fingerprint density at radius 1 is 1.11 bits per heavy atom. The number of carbonyl (C=O) groups excluding carboxylic acids is 2. The molecule has 104 valence electrons. The van der Waals surface area contributed by atoms with Gasteiger partial charge in [0.2, 0.25) is 0 Å². The van der Waals surface area contributed by atoms with Gasteiger partial charge in [-0.15, -0.1) is 0 Å². The maximum Gasteiger partial charge on any atom is 0.329 e. The molecule has 0 amide bonds. The van der Waals surface area contributed by atoms with E-state index >= 15 is 0 Å². The molecule has 0 aliphatic carbocycles. The lowest BCUT2D eigenvalue weighted by molar-refractivity contribution is -0.140. The molecule has 0 fully saturated rings.